The maximum absolute atomic E-state index is 12.7. The number of alkyl halides is 8. The zero-order valence-electron chi connectivity index (χ0n) is 7.31. The van der Waals surface area contributed by atoms with Gasteiger partial charge in [0.1, 0.15) is 0 Å². The molecule has 0 aromatic carbocycles. The van der Waals surface area contributed by atoms with E-state index in [1.165, 1.54) is 0 Å². The van der Waals surface area contributed by atoms with Crippen LogP contribution in [0.3, 0.4) is 0 Å². The van der Waals surface area contributed by atoms with E-state index in [9.17, 15) is 35.1 Å². The molecule has 0 bridgehead atoms. The number of halogens is 8. The maximum atomic E-state index is 12.7. The topological polar surface area (TPSA) is 0 Å². The highest BCUT2D eigenvalue weighted by Crippen LogP contribution is 2.66. The Morgan fingerprint density at radius 2 is 1.00 bits per heavy atom. The lowest BCUT2D eigenvalue weighted by molar-refractivity contribution is -0.303. The first-order chi connectivity index (χ1) is 6.44. The Labute approximate surface area is 79.2 Å². The van der Waals surface area contributed by atoms with E-state index in [-0.39, 0.29) is 0 Å². The Morgan fingerprint density at radius 3 is 1.13 bits per heavy atom. The highest BCUT2D eigenvalue weighted by Gasteiger charge is 2.92. The number of rotatable bonds is 1. The van der Waals surface area contributed by atoms with Gasteiger partial charge in [-0.2, -0.15) is 35.1 Å². The zero-order valence-corrected chi connectivity index (χ0v) is 7.31. The van der Waals surface area contributed by atoms with Crippen molar-refractivity contribution in [2.45, 2.75) is 37.0 Å². The lowest BCUT2D eigenvalue weighted by Crippen LogP contribution is -2.51. The van der Waals surface area contributed by atoms with E-state index in [0.717, 1.165) is 6.92 Å². The second-order valence-corrected chi connectivity index (χ2v) is 3.36. The van der Waals surface area contributed by atoms with E-state index in [1.54, 1.807) is 0 Å². The fourth-order valence-corrected chi connectivity index (χ4v) is 1.60. The van der Waals surface area contributed by atoms with E-state index in [2.05, 4.69) is 0 Å². The molecule has 0 unspecified atom stereocenters. The van der Waals surface area contributed by atoms with Crippen LogP contribution in [0, 0.1) is 5.92 Å². The van der Waals surface area contributed by atoms with Gasteiger partial charge in [-0.15, -0.1) is 0 Å². The summed E-state index contributed by atoms with van der Waals surface area (Å²) in [6, 6.07) is 0. The number of hydrogen-bond donors (Lipinski definition) is 0. The van der Waals surface area contributed by atoms with Crippen molar-refractivity contribution in [3.63, 3.8) is 0 Å². The third-order valence-corrected chi connectivity index (χ3v) is 2.52. The molecule has 0 aromatic rings. The van der Waals surface area contributed by atoms with Gasteiger partial charge in [-0.25, -0.2) is 0 Å². The van der Waals surface area contributed by atoms with E-state index < -0.39 is 36.0 Å². The molecule has 0 nitrogen and oxygen atoms in total. The molecule has 0 saturated heterocycles. The predicted molar refractivity (Wildman–Crippen MR) is 33.6 cm³/mol. The molecule has 0 radical (unpaired) electrons. The van der Waals surface area contributed by atoms with Gasteiger partial charge in [-0.3, -0.25) is 0 Å². The first kappa shape index (κ1) is 12.5. The van der Waals surface area contributed by atoms with Crippen LogP contribution in [0.2, 0.25) is 0 Å². The third-order valence-electron chi connectivity index (χ3n) is 2.52. The Bertz CT molecular complexity index is 242. The molecule has 90 valence electrons. The Morgan fingerprint density at radius 1 is 0.733 bits per heavy atom. The van der Waals surface area contributed by atoms with Gasteiger partial charge < -0.3 is 0 Å². The van der Waals surface area contributed by atoms with Crippen LogP contribution in [0.1, 0.15) is 13.3 Å². The highest BCUT2D eigenvalue weighted by atomic mass is 19.4. The van der Waals surface area contributed by atoms with Gasteiger partial charge in [0.2, 0.25) is 0 Å². The monoisotopic (exact) mass is 242 g/mol. The summed E-state index contributed by atoms with van der Waals surface area (Å²) in [4.78, 5) is 0. The van der Waals surface area contributed by atoms with Crippen LogP contribution in [0.5, 0.6) is 0 Å². The van der Waals surface area contributed by atoms with Crippen molar-refractivity contribution in [2.75, 3.05) is 0 Å². The van der Waals surface area contributed by atoms with Crippen molar-refractivity contribution in [2.24, 2.45) is 5.92 Å². The van der Waals surface area contributed by atoms with Crippen LogP contribution in [0.25, 0.3) is 0 Å². The van der Waals surface area contributed by atoms with E-state index >= 15 is 0 Å². The quantitative estimate of drug-likeness (QED) is 0.616. The van der Waals surface area contributed by atoms with Crippen LogP contribution in [0.4, 0.5) is 35.1 Å². The normalized spacial score (nSPS) is 31.8. The standard InChI is InChI=1S/C7H6F8/c1-2-3-4(8,9)6(12,13)7(14,15)5(3,10)11/h3H,2H2,1H3. The molecule has 1 aliphatic carbocycles. The SMILES string of the molecule is CCC1C(F)(F)C(F)(F)C(F)(F)C1(F)F. The number of hydrogen-bond acceptors (Lipinski definition) is 0. The van der Waals surface area contributed by atoms with Crippen LogP contribution in [-0.2, 0) is 0 Å². The average Bonchev–Trinajstić information content (AvgIpc) is 2.07. The summed E-state index contributed by atoms with van der Waals surface area (Å²) >= 11 is 0. The molecule has 0 atom stereocenters. The predicted octanol–water partition coefficient (Wildman–Crippen LogP) is 3.57. The molecule has 0 aromatic heterocycles. The van der Waals surface area contributed by atoms with Crippen LogP contribution < -0.4 is 0 Å². The first-order valence-electron chi connectivity index (χ1n) is 3.95. The lowest BCUT2D eigenvalue weighted by Gasteiger charge is -2.23. The molecule has 0 amide bonds. The molecule has 8 heteroatoms. The van der Waals surface area contributed by atoms with Crippen molar-refractivity contribution in [3.05, 3.63) is 0 Å². The highest BCUT2D eigenvalue weighted by molar-refractivity contribution is 5.17. The summed E-state index contributed by atoms with van der Waals surface area (Å²) in [7, 11) is 0. The molecule has 0 heterocycles. The van der Waals surface area contributed by atoms with Gasteiger partial charge in [0.15, 0.2) is 0 Å². The second-order valence-electron chi connectivity index (χ2n) is 3.36. The molecule has 0 aliphatic heterocycles. The third kappa shape index (κ3) is 1.08. The van der Waals surface area contributed by atoms with Gasteiger partial charge in [-0.05, 0) is 6.42 Å². The zero-order chi connectivity index (χ0) is 12.3. The summed E-state index contributed by atoms with van der Waals surface area (Å²) < 4.78 is 100. The van der Waals surface area contributed by atoms with Crippen molar-refractivity contribution >= 4 is 0 Å². The van der Waals surface area contributed by atoms with Crippen molar-refractivity contribution in [1.29, 1.82) is 0 Å². The Hall–Kier alpha value is -0.560. The second kappa shape index (κ2) is 2.76. The molecule has 15 heavy (non-hydrogen) atoms. The Balaban J connectivity index is 3.40. The molecular formula is C7H6F8. The smallest absolute Gasteiger partial charge is 0.199 e. The van der Waals surface area contributed by atoms with Gasteiger partial charge in [0.25, 0.3) is 0 Å². The van der Waals surface area contributed by atoms with Crippen molar-refractivity contribution in [1.82, 2.24) is 0 Å². The van der Waals surface area contributed by atoms with Crippen molar-refractivity contribution < 1.29 is 35.1 Å². The van der Waals surface area contributed by atoms with Crippen molar-refractivity contribution in [3.8, 4) is 0 Å². The summed E-state index contributed by atoms with van der Waals surface area (Å²) in [5, 5.41) is 0. The van der Waals surface area contributed by atoms with Gasteiger partial charge in [0.05, 0.1) is 5.92 Å². The van der Waals surface area contributed by atoms with Gasteiger partial charge >= 0.3 is 23.7 Å². The lowest BCUT2D eigenvalue weighted by atomic mass is 9.98. The maximum Gasteiger partial charge on any atom is 0.378 e. The van der Waals surface area contributed by atoms with Gasteiger partial charge in [0, 0.05) is 0 Å². The fraction of sp³-hybridized carbons (Fsp3) is 1.00. The minimum Gasteiger partial charge on any atom is -0.199 e. The van der Waals surface area contributed by atoms with E-state index in [4.69, 9.17) is 0 Å². The van der Waals surface area contributed by atoms with Crippen LogP contribution >= 0.6 is 0 Å². The minimum atomic E-state index is -6.02. The van der Waals surface area contributed by atoms with Gasteiger partial charge in [-0.1, -0.05) is 6.92 Å². The Kier molecular flexibility index (Phi) is 2.30. The van der Waals surface area contributed by atoms with Crippen LogP contribution in [-0.4, -0.2) is 23.7 Å². The minimum absolute atomic E-state index is 0.726. The van der Waals surface area contributed by atoms with Crippen LogP contribution in [0.15, 0.2) is 0 Å². The first-order valence-corrected chi connectivity index (χ1v) is 3.95. The van der Waals surface area contributed by atoms with E-state index in [0.29, 0.717) is 0 Å². The molecular weight excluding hydrogens is 236 g/mol. The molecule has 1 aliphatic rings. The molecule has 1 rings (SSSR count). The summed E-state index contributed by atoms with van der Waals surface area (Å²) in [5.74, 6) is -26.2. The molecule has 1 saturated carbocycles. The fourth-order valence-electron chi connectivity index (χ4n) is 1.60. The summed E-state index contributed by atoms with van der Waals surface area (Å²) in [5.41, 5.74) is 0. The van der Waals surface area contributed by atoms with E-state index in [1.807, 2.05) is 0 Å². The summed E-state index contributed by atoms with van der Waals surface area (Å²) in [6.45, 7) is 0.726. The molecule has 0 spiro atoms. The largest absolute Gasteiger partial charge is 0.378 e. The molecule has 1 fully saturated rings. The average molecular weight is 242 g/mol. The summed E-state index contributed by atoms with van der Waals surface area (Å²) in [6.07, 6.45) is -1.16. The molecule has 0 N–H and O–H groups in total.